The molecule has 1 saturated carbocycles. The Labute approximate surface area is 164 Å². The molecule has 156 valence electrons. The largest absolute Gasteiger partial charge is 0.469 e. The number of hydrogen-bond donors (Lipinski definition) is 2. The lowest BCUT2D eigenvalue weighted by Gasteiger charge is -2.19. The standard InChI is InChI=1S/C22H38O5/c1-26-16-12-8-4-3-5-9-13-18-19(21(24)17-20(18)23)14-10-6-7-11-15-22(25)27-2/h6,9-10,13,18-21,23-24H,3-5,7-8,11-12,14-17H2,1-2H3/b10-6-,13-9+/t18-,19?,20-,21+/m1/s1. The number of ether oxygens (including phenoxy) is 2. The number of esters is 1. The summed E-state index contributed by atoms with van der Waals surface area (Å²) in [4.78, 5) is 11.1. The van der Waals surface area contributed by atoms with Crippen molar-refractivity contribution < 1.29 is 24.5 Å². The summed E-state index contributed by atoms with van der Waals surface area (Å²) < 4.78 is 9.67. The van der Waals surface area contributed by atoms with Crippen molar-refractivity contribution in [1.29, 1.82) is 0 Å². The molecule has 5 nitrogen and oxygen atoms in total. The number of hydrogen-bond acceptors (Lipinski definition) is 5. The predicted octanol–water partition coefficient (Wildman–Crippen LogP) is 3.79. The van der Waals surface area contributed by atoms with Gasteiger partial charge in [0.1, 0.15) is 0 Å². The zero-order chi connectivity index (χ0) is 19.9. The molecule has 27 heavy (non-hydrogen) atoms. The molecule has 0 radical (unpaired) electrons. The van der Waals surface area contributed by atoms with E-state index in [-0.39, 0.29) is 17.8 Å². The van der Waals surface area contributed by atoms with E-state index < -0.39 is 12.2 Å². The summed E-state index contributed by atoms with van der Waals surface area (Å²) in [7, 11) is 3.14. The zero-order valence-electron chi connectivity index (χ0n) is 17.0. The Bertz CT molecular complexity index is 446. The van der Waals surface area contributed by atoms with Crippen LogP contribution in [-0.2, 0) is 14.3 Å². The molecule has 5 heteroatoms. The van der Waals surface area contributed by atoms with E-state index in [1.54, 1.807) is 7.11 Å². The normalized spacial score (nSPS) is 25.6. The molecule has 1 rings (SSSR count). The van der Waals surface area contributed by atoms with Crippen LogP contribution in [0.4, 0.5) is 0 Å². The van der Waals surface area contributed by atoms with Crippen molar-refractivity contribution in [3.05, 3.63) is 24.3 Å². The van der Waals surface area contributed by atoms with Gasteiger partial charge in [-0.2, -0.15) is 0 Å². The van der Waals surface area contributed by atoms with Crippen LogP contribution in [-0.4, -0.2) is 49.2 Å². The number of aliphatic hydroxyl groups excluding tert-OH is 2. The van der Waals surface area contributed by atoms with Crippen molar-refractivity contribution in [3.63, 3.8) is 0 Å². The van der Waals surface area contributed by atoms with Crippen LogP contribution in [0.1, 0.15) is 64.2 Å². The third-order valence-electron chi connectivity index (χ3n) is 5.30. The average Bonchev–Trinajstić information content (AvgIpc) is 2.92. The first kappa shape index (κ1) is 23.9. The number of aliphatic hydroxyl groups is 2. The lowest BCUT2D eigenvalue weighted by atomic mass is 9.89. The summed E-state index contributed by atoms with van der Waals surface area (Å²) >= 11 is 0. The van der Waals surface area contributed by atoms with E-state index in [1.807, 2.05) is 0 Å². The molecule has 0 spiro atoms. The highest BCUT2D eigenvalue weighted by Gasteiger charge is 2.39. The third-order valence-corrected chi connectivity index (χ3v) is 5.30. The number of carbonyl (C=O) groups excluding carboxylic acids is 1. The van der Waals surface area contributed by atoms with Crippen LogP contribution in [0.5, 0.6) is 0 Å². The minimum absolute atomic E-state index is 0.0215. The van der Waals surface area contributed by atoms with Gasteiger partial charge in [-0.15, -0.1) is 0 Å². The van der Waals surface area contributed by atoms with Gasteiger partial charge >= 0.3 is 5.97 Å². The maximum Gasteiger partial charge on any atom is 0.305 e. The predicted molar refractivity (Wildman–Crippen MR) is 107 cm³/mol. The van der Waals surface area contributed by atoms with Crippen LogP contribution >= 0.6 is 0 Å². The van der Waals surface area contributed by atoms with Gasteiger partial charge in [-0.3, -0.25) is 4.79 Å². The Morgan fingerprint density at radius 3 is 2.44 bits per heavy atom. The highest BCUT2D eigenvalue weighted by molar-refractivity contribution is 5.69. The molecule has 0 heterocycles. The molecule has 0 saturated heterocycles. The first-order valence-corrected chi connectivity index (χ1v) is 10.3. The molecular weight excluding hydrogens is 344 g/mol. The van der Waals surface area contributed by atoms with Crippen molar-refractivity contribution in [2.75, 3.05) is 20.8 Å². The molecule has 0 amide bonds. The van der Waals surface area contributed by atoms with Crippen molar-refractivity contribution >= 4 is 5.97 Å². The molecule has 2 N–H and O–H groups in total. The topological polar surface area (TPSA) is 76.0 Å². The summed E-state index contributed by atoms with van der Waals surface area (Å²) in [6.07, 6.45) is 16.4. The van der Waals surface area contributed by atoms with E-state index >= 15 is 0 Å². The van der Waals surface area contributed by atoms with E-state index in [1.165, 1.54) is 20.0 Å². The zero-order valence-corrected chi connectivity index (χ0v) is 17.0. The minimum atomic E-state index is -0.462. The molecule has 4 atom stereocenters. The summed E-state index contributed by atoms with van der Waals surface area (Å²) in [6.45, 7) is 0.833. The van der Waals surface area contributed by atoms with E-state index in [2.05, 4.69) is 29.0 Å². The second-order valence-corrected chi connectivity index (χ2v) is 7.41. The van der Waals surface area contributed by atoms with Crippen LogP contribution < -0.4 is 0 Å². The fourth-order valence-electron chi connectivity index (χ4n) is 3.66. The summed E-state index contributed by atoms with van der Waals surface area (Å²) in [6, 6.07) is 0. The average molecular weight is 383 g/mol. The Balaban J connectivity index is 2.30. The summed E-state index contributed by atoms with van der Waals surface area (Å²) in [5.74, 6) is -0.0929. The summed E-state index contributed by atoms with van der Waals surface area (Å²) in [5.41, 5.74) is 0. The molecule has 1 aliphatic rings. The highest BCUT2D eigenvalue weighted by Crippen LogP contribution is 2.36. The van der Waals surface area contributed by atoms with Gasteiger partial charge in [0.15, 0.2) is 0 Å². The Kier molecular flexibility index (Phi) is 13.1. The Morgan fingerprint density at radius 1 is 0.963 bits per heavy atom. The summed E-state index contributed by atoms with van der Waals surface area (Å²) in [5, 5.41) is 20.5. The van der Waals surface area contributed by atoms with Crippen molar-refractivity contribution in [2.24, 2.45) is 11.8 Å². The van der Waals surface area contributed by atoms with Gasteiger partial charge in [0.2, 0.25) is 0 Å². The van der Waals surface area contributed by atoms with Gasteiger partial charge in [0, 0.05) is 32.5 Å². The van der Waals surface area contributed by atoms with Gasteiger partial charge < -0.3 is 19.7 Å². The van der Waals surface area contributed by atoms with Gasteiger partial charge in [0.25, 0.3) is 0 Å². The molecule has 1 unspecified atom stereocenters. The SMILES string of the molecule is COCCCCCC/C=C/[C@@H]1C(C/C=C\CCCC(=O)OC)[C@@H](O)C[C@H]1O. The van der Waals surface area contributed by atoms with Crippen molar-refractivity contribution in [2.45, 2.75) is 76.4 Å². The van der Waals surface area contributed by atoms with Gasteiger partial charge in [0.05, 0.1) is 19.3 Å². The van der Waals surface area contributed by atoms with Crippen molar-refractivity contribution in [1.82, 2.24) is 0 Å². The minimum Gasteiger partial charge on any atom is -0.469 e. The number of allylic oxidation sites excluding steroid dienone is 3. The Hall–Kier alpha value is -1.17. The van der Waals surface area contributed by atoms with Crippen LogP contribution in [0, 0.1) is 11.8 Å². The van der Waals surface area contributed by atoms with Gasteiger partial charge in [-0.1, -0.05) is 37.1 Å². The van der Waals surface area contributed by atoms with E-state index in [9.17, 15) is 15.0 Å². The molecule has 0 bridgehead atoms. The Morgan fingerprint density at radius 2 is 1.70 bits per heavy atom. The maximum absolute atomic E-state index is 11.1. The van der Waals surface area contributed by atoms with Crippen LogP contribution in [0.25, 0.3) is 0 Å². The molecule has 1 fully saturated rings. The first-order chi connectivity index (χ1) is 13.1. The van der Waals surface area contributed by atoms with Crippen LogP contribution in [0.3, 0.4) is 0 Å². The lowest BCUT2D eigenvalue weighted by Crippen LogP contribution is -2.19. The molecule has 0 aliphatic heterocycles. The van der Waals surface area contributed by atoms with E-state index in [0.717, 1.165) is 45.1 Å². The molecule has 0 aromatic heterocycles. The second kappa shape index (κ2) is 14.8. The molecule has 1 aliphatic carbocycles. The molecule has 0 aromatic rings. The maximum atomic E-state index is 11.1. The quantitative estimate of drug-likeness (QED) is 0.272. The molecular formula is C22H38O5. The van der Waals surface area contributed by atoms with Crippen LogP contribution in [0.2, 0.25) is 0 Å². The van der Waals surface area contributed by atoms with E-state index in [4.69, 9.17) is 4.74 Å². The van der Waals surface area contributed by atoms with Crippen LogP contribution in [0.15, 0.2) is 24.3 Å². The first-order valence-electron chi connectivity index (χ1n) is 10.3. The lowest BCUT2D eigenvalue weighted by molar-refractivity contribution is -0.140. The second-order valence-electron chi connectivity index (χ2n) is 7.41. The smallest absolute Gasteiger partial charge is 0.305 e. The fourth-order valence-corrected chi connectivity index (χ4v) is 3.66. The number of unbranched alkanes of at least 4 members (excludes halogenated alkanes) is 5. The van der Waals surface area contributed by atoms with Gasteiger partial charge in [-0.05, 0) is 44.4 Å². The fraction of sp³-hybridized carbons (Fsp3) is 0.773. The van der Waals surface area contributed by atoms with E-state index in [0.29, 0.717) is 12.8 Å². The van der Waals surface area contributed by atoms with Gasteiger partial charge in [-0.25, -0.2) is 0 Å². The number of rotatable bonds is 14. The number of methoxy groups -OCH3 is 2. The highest BCUT2D eigenvalue weighted by atomic mass is 16.5. The monoisotopic (exact) mass is 382 g/mol. The van der Waals surface area contributed by atoms with Crippen molar-refractivity contribution in [3.8, 4) is 0 Å². The third kappa shape index (κ3) is 10.1. The number of carbonyl (C=O) groups is 1. The molecule has 0 aromatic carbocycles.